The molecule has 3 rings (SSSR count). The summed E-state index contributed by atoms with van der Waals surface area (Å²) >= 11 is 0. The van der Waals surface area contributed by atoms with E-state index in [1.165, 1.54) is 12.8 Å². The Labute approximate surface area is 151 Å². The first kappa shape index (κ1) is 18.1. The average Bonchev–Trinajstić information content (AvgIpc) is 2.60. The van der Waals surface area contributed by atoms with E-state index in [0.29, 0.717) is 30.2 Å². The smallest absolute Gasteiger partial charge is 0.234 e. The fraction of sp³-hybridized carbons (Fsp3) is 0.650. The van der Waals surface area contributed by atoms with Crippen LogP contribution in [0.25, 0.3) is 0 Å². The molecule has 2 N–H and O–H groups in total. The fourth-order valence-electron chi connectivity index (χ4n) is 4.12. The molecule has 1 saturated heterocycles. The molecule has 2 fully saturated rings. The number of hydrogen-bond acceptors (Lipinski definition) is 4. The molecule has 1 aromatic carbocycles. The monoisotopic (exact) mass is 345 g/mol. The largest absolute Gasteiger partial charge is 0.506 e. The third-order valence-electron chi connectivity index (χ3n) is 6.02. The molecule has 1 heterocycles. The van der Waals surface area contributed by atoms with Crippen molar-refractivity contribution >= 4 is 11.6 Å². The maximum absolute atomic E-state index is 12.4. The van der Waals surface area contributed by atoms with Crippen LogP contribution < -0.4 is 10.2 Å². The Hall–Kier alpha value is -1.75. The number of phenols is 1. The highest BCUT2D eigenvalue weighted by atomic mass is 16.3. The molecule has 1 aliphatic heterocycles. The van der Waals surface area contributed by atoms with Gasteiger partial charge in [0.25, 0.3) is 0 Å². The Morgan fingerprint density at radius 2 is 1.88 bits per heavy atom. The Bertz CT molecular complexity index is 584. The van der Waals surface area contributed by atoms with Crippen molar-refractivity contribution in [2.24, 2.45) is 11.8 Å². The van der Waals surface area contributed by atoms with Crippen LogP contribution in [-0.4, -0.2) is 54.7 Å². The van der Waals surface area contributed by atoms with Crippen LogP contribution in [0.2, 0.25) is 0 Å². The van der Waals surface area contributed by atoms with E-state index in [9.17, 15) is 9.90 Å². The Kier molecular flexibility index (Phi) is 5.84. The van der Waals surface area contributed by atoms with Crippen LogP contribution in [0.15, 0.2) is 24.3 Å². The molecule has 0 radical (unpaired) electrons. The van der Waals surface area contributed by atoms with Crippen LogP contribution in [0.5, 0.6) is 5.75 Å². The van der Waals surface area contributed by atoms with Crippen molar-refractivity contribution in [3.8, 4) is 5.75 Å². The Morgan fingerprint density at radius 1 is 1.16 bits per heavy atom. The summed E-state index contributed by atoms with van der Waals surface area (Å²) in [7, 11) is 0. The van der Waals surface area contributed by atoms with Gasteiger partial charge in [-0.1, -0.05) is 38.8 Å². The van der Waals surface area contributed by atoms with Gasteiger partial charge in [-0.05, 0) is 30.4 Å². The molecular weight excluding hydrogens is 314 g/mol. The first-order chi connectivity index (χ1) is 12.0. The SMILES string of the molecule is C[C@@H]1[C@H](C)CCC[C@@H]1NC(=O)CN1CCN(c2ccccc2O)CC1. The molecular formula is C20H31N3O2. The highest BCUT2D eigenvalue weighted by molar-refractivity contribution is 5.78. The summed E-state index contributed by atoms with van der Waals surface area (Å²) in [6.07, 6.45) is 3.61. The fourth-order valence-corrected chi connectivity index (χ4v) is 4.12. The summed E-state index contributed by atoms with van der Waals surface area (Å²) in [4.78, 5) is 16.8. The zero-order valence-electron chi connectivity index (χ0n) is 15.4. The number of carbonyl (C=O) groups is 1. The predicted octanol–water partition coefficient (Wildman–Crippen LogP) is 2.46. The number of carbonyl (C=O) groups excluding carboxylic acids is 1. The van der Waals surface area contributed by atoms with Crippen molar-refractivity contribution in [1.82, 2.24) is 10.2 Å². The van der Waals surface area contributed by atoms with Crippen molar-refractivity contribution in [2.45, 2.75) is 39.2 Å². The molecule has 1 saturated carbocycles. The number of amides is 1. The zero-order valence-corrected chi connectivity index (χ0v) is 15.4. The van der Waals surface area contributed by atoms with E-state index in [1.54, 1.807) is 6.07 Å². The number of hydrogen-bond donors (Lipinski definition) is 2. The molecule has 5 nitrogen and oxygen atoms in total. The number of para-hydroxylation sites is 2. The van der Waals surface area contributed by atoms with Gasteiger partial charge in [0.15, 0.2) is 0 Å². The van der Waals surface area contributed by atoms with Crippen molar-refractivity contribution < 1.29 is 9.90 Å². The van der Waals surface area contributed by atoms with E-state index in [4.69, 9.17) is 0 Å². The minimum absolute atomic E-state index is 0.155. The molecule has 0 bridgehead atoms. The van der Waals surface area contributed by atoms with Gasteiger partial charge in [-0.3, -0.25) is 9.69 Å². The lowest BCUT2D eigenvalue weighted by Gasteiger charge is -2.37. The molecule has 0 unspecified atom stereocenters. The summed E-state index contributed by atoms with van der Waals surface area (Å²) in [5.74, 6) is 1.74. The first-order valence-electron chi connectivity index (χ1n) is 9.59. The van der Waals surface area contributed by atoms with Crippen molar-refractivity contribution in [3.05, 3.63) is 24.3 Å². The van der Waals surface area contributed by atoms with Gasteiger partial charge < -0.3 is 15.3 Å². The lowest BCUT2D eigenvalue weighted by atomic mass is 9.78. The van der Waals surface area contributed by atoms with Crippen LogP contribution in [0.1, 0.15) is 33.1 Å². The number of piperazine rings is 1. The lowest BCUT2D eigenvalue weighted by Crippen LogP contribution is -2.52. The number of rotatable bonds is 4. The van der Waals surface area contributed by atoms with Crippen molar-refractivity contribution in [2.75, 3.05) is 37.6 Å². The summed E-state index contributed by atoms with van der Waals surface area (Å²) in [5.41, 5.74) is 0.886. The second kappa shape index (κ2) is 8.09. The van der Waals surface area contributed by atoms with Gasteiger partial charge in [-0.25, -0.2) is 0 Å². The van der Waals surface area contributed by atoms with Gasteiger partial charge >= 0.3 is 0 Å². The maximum Gasteiger partial charge on any atom is 0.234 e. The molecule has 3 atom stereocenters. The van der Waals surface area contributed by atoms with E-state index in [-0.39, 0.29) is 5.91 Å². The van der Waals surface area contributed by atoms with Crippen LogP contribution in [0.3, 0.4) is 0 Å². The van der Waals surface area contributed by atoms with E-state index in [1.807, 2.05) is 18.2 Å². The summed E-state index contributed by atoms with van der Waals surface area (Å²) in [5, 5.41) is 13.2. The standard InChI is InChI=1S/C20H31N3O2/c1-15-6-5-7-17(16(15)2)21-20(25)14-22-10-12-23(13-11-22)18-8-3-4-9-19(18)24/h3-4,8-9,15-17,24H,5-7,10-14H2,1-2H3,(H,21,25)/t15-,16-,17+/m1/s1. The third-order valence-corrected chi connectivity index (χ3v) is 6.02. The molecule has 0 aromatic heterocycles. The summed E-state index contributed by atoms with van der Waals surface area (Å²) in [6, 6.07) is 7.79. The van der Waals surface area contributed by atoms with Gasteiger partial charge in [-0.15, -0.1) is 0 Å². The minimum Gasteiger partial charge on any atom is -0.506 e. The quantitative estimate of drug-likeness (QED) is 0.880. The Balaban J connectivity index is 1.46. The van der Waals surface area contributed by atoms with Crippen LogP contribution in [-0.2, 0) is 4.79 Å². The van der Waals surface area contributed by atoms with E-state index in [0.717, 1.165) is 38.3 Å². The van der Waals surface area contributed by atoms with Crippen LogP contribution in [0, 0.1) is 11.8 Å². The van der Waals surface area contributed by atoms with Crippen molar-refractivity contribution in [1.29, 1.82) is 0 Å². The average molecular weight is 345 g/mol. The molecule has 1 aliphatic carbocycles. The summed E-state index contributed by atoms with van der Waals surface area (Å²) in [6.45, 7) is 8.40. The molecule has 25 heavy (non-hydrogen) atoms. The number of aromatic hydroxyl groups is 1. The normalized spacial score (nSPS) is 27.9. The zero-order chi connectivity index (χ0) is 17.8. The molecule has 0 spiro atoms. The molecule has 138 valence electrons. The van der Waals surface area contributed by atoms with Gasteiger partial charge in [0.1, 0.15) is 5.75 Å². The third kappa shape index (κ3) is 4.46. The van der Waals surface area contributed by atoms with Gasteiger partial charge in [0.05, 0.1) is 12.2 Å². The number of benzene rings is 1. The highest BCUT2D eigenvalue weighted by Gasteiger charge is 2.29. The number of nitrogens with one attached hydrogen (secondary N) is 1. The van der Waals surface area contributed by atoms with Gasteiger partial charge in [0.2, 0.25) is 5.91 Å². The number of phenolic OH excluding ortho intramolecular Hbond substituents is 1. The molecule has 1 aromatic rings. The highest BCUT2D eigenvalue weighted by Crippen LogP contribution is 2.29. The van der Waals surface area contributed by atoms with E-state index in [2.05, 4.69) is 29.0 Å². The van der Waals surface area contributed by atoms with Gasteiger partial charge in [0, 0.05) is 32.2 Å². The maximum atomic E-state index is 12.4. The number of nitrogens with zero attached hydrogens (tertiary/aromatic N) is 2. The molecule has 5 heteroatoms. The van der Waals surface area contributed by atoms with Crippen LogP contribution in [0.4, 0.5) is 5.69 Å². The topological polar surface area (TPSA) is 55.8 Å². The van der Waals surface area contributed by atoms with Gasteiger partial charge in [-0.2, -0.15) is 0 Å². The Morgan fingerprint density at radius 3 is 2.60 bits per heavy atom. The molecule has 1 amide bonds. The summed E-state index contributed by atoms with van der Waals surface area (Å²) < 4.78 is 0. The first-order valence-corrected chi connectivity index (χ1v) is 9.59. The lowest BCUT2D eigenvalue weighted by molar-refractivity contribution is -0.123. The van der Waals surface area contributed by atoms with Crippen molar-refractivity contribution in [3.63, 3.8) is 0 Å². The minimum atomic E-state index is 0.155. The van der Waals surface area contributed by atoms with E-state index >= 15 is 0 Å². The van der Waals surface area contributed by atoms with Crippen LogP contribution >= 0.6 is 0 Å². The molecule has 2 aliphatic rings. The van der Waals surface area contributed by atoms with E-state index < -0.39 is 0 Å². The second-order valence-electron chi connectivity index (χ2n) is 7.69. The second-order valence-corrected chi connectivity index (χ2v) is 7.69. The number of anilines is 1. The predicted molar refractivity (Wildman–Crippen MR) is 101 cm³/mol.